The van der Waals surface area contributed by atoms with Crippen LogP contribution in [0.15, 0.2) is 6.33 Å². The van der Waals surface area contributed by atoms with Crippen LogP contribution in [0, 0.1) is 0 Å². The number of rotatable bonds is 0. The molecule has 0 saturated carbocycles. The fraction of sp³-hybridized carbons (Fsp3) is 0. The summed E-state index contributed by atoms with van der Waals surface area (Å²) < 4.78 is 0. The first-order valence-electron chi connectivity index (χ1n) is 1.79. The van der Waals surface area contributed by atoms with Crippen molar-refractivity contribution in [3.8, 4) is 0 Å². The molecule has 0 aliphatic carbocycles. The number of aromatic nitrogens is 3. The molecule has 0 aliphatic heterocycles. The Kier molecular flexibility index (Phi) is 8.86. The number of hydrogen-bond acceptors (Lipinski definition) is 3. The topological polar surface area (TPSA) is 38.7 Å². The minimum atomic E-state index is 0. The molecule has 0 fully saturated rings. The number of nitrogens with zero attached hydrogens (tertiary/aromatic N) is 3. The van der Waals surface area contributed by atoms with Crippen LogP contribution in [0.1, 0.15) is 0 Å². The maximum absolute atomic E-state index is 5.30. The standard InChI is InChI=1S/C3HCl2N3.ClH.Na/c4-2-6-1-7-3(5)8-2;;/h1H;1H;. The van der Waals surface area contributed by atoms with Crippen LogP contribution in [0.4, 0.5) is 0 Å². The van der Waals surface area contributed by atoms with Crippen molar-refractivity contribution in [3.05, 3.63) is 16.9 Å². The van der Waals surface area contributed by atoms with Gasteiger partial charge in [0, 0.05) is 29.6 Å². The van der Waals surface area contributed by atoms with E-state index in [-0.39, 0.29) is 52.5 Å². The van der Waals surface area contributed by atoms with Gasteiger partial charge in [0.05, 0.1) is 0 Å². The van der Waals surface area contributed by atoms with E-state index in [1.807, 2.05) is 0 Å². The Labute approximate surface area is 96.3 Å². The second-order valence-corrected chi connectivity index (χ2v) is 1.70. The van der Waals surface area contributed by atoms with Crippen molar-refractivity contribution >= 4 is 65.2 Å². The molecule has 0 unspecified atom stereocenters. The summed E-state index contributed by atoms with van der Waals surface area (Å²) in [6.07, 6.45) is 1.25. The first kappa shape index (κ1) is 13.5. The summed E-state index contributed by atoms with van der Waals surface area (Å²) in [6.45, 7) is 0. The van der Waals surface area contributed by atoms with E-state index in [0.717, 1.165) is 0 Å². The van der Waals surface area contributed by atoms with E-state index in [0.29, 0.717) is 0 Å². The van der Waals surface area contributed by atoms with Crippen molar-refractivity contribution in [2.24, 2.45) is 0 Å². The van der Waals surface area contributed by atoms with Gasteiger partial charge in [0.25, 0.3) is 0 Å². The summed E-state index contributed by atoms with van der Waals surface area (Å²) in [6, 6.07) is 0. The molecule has 51 valence electrons. The normalized spacial score (nSPS) is 7.40. The molecular formula is C3H2Cl3N3Na. The van der Waals surface area contributed by atoms with Crippen LogP contribution in [0.3, 0.4) is 0 Å². The average Bonchev–Trinajstić information content (AvgIpc) is 1.64. The fourth-order valence-corrected chi connectivity index (χ4v) is 0.549. The van der Waals surface area contributed by atoms with E-state index in [1.165, 1.54) is 6.33 Å². The van der Waals surface area contributed by atoms with Gasteiger partial charge in [-0.1, -0.05) is 0 Å². The van der Waals surface area contributed by atoms with Gasteiger partial charge < -0.3 is 0 Å². The van der Waals surface area contributed by atoms with Gasteiger partial charge in [-0.25, -0.2) is 9.97 Å². The average molecular weight is 209 g/mol. The van der Waals surface area contributed by atoms with Crippen LogP contribution >= 0.6 is 35.6 Å². The van der Waals surface area contributed by atoms with E-state index in [9.17, 15) is 0 Å². The molecule has 0 N–H and O–H groups in total. The Morgan fingerprint density at radius 2 is 1.50 bits per heavy atom. The van der Waals surface area contributed by atoms with Gasteiger partial charge in [-0.3, -0.25) is 0 Å². The smallest absolute Gasteiger partial charge is 0.206 e. The first-order chi connectivity index (χ1) is 3.79. The minimum absolute atomic E-state index is 0. The number of hydrogen-bond donors (Lipinski definition) is 0. The van der Waals surface area contributed by atoms with E-state index in [1.54, 1.807) is 0 Å². The summed E-state index contributed by atoms with van der Waals surface area (Å²) in [5.41, 5.74) is 0. The third-order valence-corrected chi connectivity index (χ3v) is 0.877. The Bertz CT molecular complexity index is 179. The SMILES string of the molecule is Cl.Clc1ncnc(Cl)n1.[Na]. The molecule has 0 aromatic carbocycles. The van der Waals surface area contributed by atoms with Gasteiger partial charge in [-0.2, -0.15) is 4.98 Å². The summed E-state index contributed by atoms with van der Waals surface area (Å²) in [4.78, 5) is 10.5. The first-order valence-corrected chi connectivity index (χ1v) is 2.54. The quantitative estimate of drug-likeness (QED) is 0.603. The Hall–Kier alpha value is 0.880. The fourth-order valence-electron chi connectivity index (χ4n) is 0.258. The van der Waals surface area contributed by atoms with Crippen LogP contribution in [0.25, 0.3) is 0 Å². The van der Waals surface area contributed by atoms with E-state index >= 15 is 0 Å². The summed E-state index contributed by atoms with van der Waals surface area (Å²) in [5.74, 6) is 0. The molecule has 0 atom stereocenters. The molecule has 0 spiro atoms. The largest absolute Gasteiger partial charge is 0.226 e. The minimum Gasteiger partial charge on any atom is -0.206 e. The maximum Gasteiger partial charge on any atom is 0.226 e. The second kappa shape index (κ2) is 6.58. The van der Waals surface area contributed by atoms with E-state index < -0.39 is 0 Å². The summed E-state index contributed by atoms with van der Waals surface area (Å²) in [7, 11) is 0. The molecule has 7 heteroatoms. The predicted octanol–water partition coefficient (Wildman–Crippen LogP) is 1.22. The van der Waals surface area contributed by atoms with E-state index in [4.69, 9.17) is 23.2 Å². The maximum atomic E-state index is 5.30. The molecule has 0 saturated heterocycles. The molecule has 0 aliphatic rings. The van der Waals surface area contributed by atoms with Crippen LogP contribution in [0.2, 0.25) is 10.6 Å². The van der Waals surface area contributed by atoms with Crippen molar-refractivity contribution in [2.45, 2.75) is 0 Å². The monoisotopic (exact) mass is 208 g/mol. The van der Waals surface area contributed by atoms with Crippen LogP contribution in [0.5, 0.6) is 0 Å². The van der Waals surface area contributed by atoms with Gasteiger partial charge in [-0.15, -0.1) is 12.4 Å². The summed E-state index contributed by atoms with van der Waals surface area (Å²) in [5, 5.41) is 0.231. The molecule has 0 amide bonds. The van der Waals surface area contributed by atoms with Crippen LogP contribution in [-0.4, -0.2) is 44.5 Å². The zero-order valence-corrected chi connectivity index (χ0v) is 9.41. The predicted molar refractivity (Wildman–Crippen MR) is 42.8 cm³/mol. The zero-order valence-electron chi connectivity index (χ0n) is 5.08. The molecule has 1 heterocycles. The third kappa shape index (κ3) is 4.66. The van der Waals surface area contributed by atoms with Crippen molar-refractivity contribution < 1.29 is 0 Å². The van der Waals surface area contributed by atoms with Crippen molar-refractivity contribution in [1.29, 1.82) is 0 Å². The van der Waals surface area contributed by atoms with E-state index in [2.05, 4.69) is 15.0 Å². The Morgan fingerprint density at radius 1 is 1.10 bits per heavy atom. The van der Waals surface area contributed by atoms with Gasteiger partial charge in [0.15, 0.2) is 0 Å². The van der Waals surface area contributed by atoms with Crippen LogP contribution < -0.4 is 0 Å². The van der Waals surface area contributed by atoms with Crippen molar-refractivity contribution in [2.75, 3.05) is 0 Å². The molecule has 1 radical (unpaired) electrons. The van der Waals surface area contributed by atoms with Crippen molar-refractivity contribution in [3.63, 3.8) is 0 Å². The van der Waals surface area contributed by atoms with Gasteiger partial charge in [0.2, 0.25) is 10.6 Å². The van der Waals surface area contributed by atoms with Gasteiger partial charge in [-0.05, 0) is 23.2 Å². The second-order valence-electron chi connectivity index (χ2n) is 1.02. The van der Waals surface area contributed by atoms with Gasteiger partial charge >= 0.3 is 0 Å². The zero-order chi connectivity index (χ0) is 5.98. The Balaban J connectivity index is 0. The molecule has 10 heavy (non-hydrogen) atoms. The summed E-state index contributed by atoms with van der Waals surface area (Å²) >= 11 is 10.6. The van der Waals surface area contributed by atoms with Gasteiger partial charge in [0.1, 0.15) is 6.33 Å². The third-order valence-electron chi connectivity index (χ3n) is 0.513. The molecule has 0 bridgehead atoms. The Morgan fingerprint density at radius 3 is 1.70 bits per heavy atom. The number of halogens is 3. The van der Waals surface area contributed by atoms with Crippen molar-refractivity contribution in [1.82, 2.24) is 15.0 Å². The molecule has 1 aromatic heterocycles. The molecule has 1 rings (SSSR count). The molecule has 1 aromatic rings. The molecule has 3 nitrogen and oxygen atoms in total. The van der Waals surface area contributed by atoms with Crippen LogP contribution in [-0.2, 0) is 0 Å². The molecular weight excluding hydrogens is 207 g/mol.